The summed E-state index contributed by atoms with van der Waals surface area (Å²) in [7, 11) is 1.64. The van der Waals surface area contributed by atoms with Crippen LogP contribution in [0.3, 0.4) is 0 Å². The lowest BCUT2D eigenvalue weighted by molar-refractivity contribution is 0.109. The van der Waals surface area contributed by atoms with Gasteiger partial charge in [0.25, 0.3) is 0 Å². The molecule has 1 N–H and O–H groups in total. The zero-order chi connectivity index (χ0) is 10.7. The molecule has 0 saturated carbocycles. The molecule has 15 heavy (non-hydrogen) atoms. The van der Waals surface area contributed by atoms with Crippen LogP contribution in [0.5, 0.6) is 0 Å². The Labute approximate surface area is 89.2 Å². The fraction of sp³-hybridized carbons (Fsp3) is 0.800. The number of hydrogen-bond acceptors (Lipinski definition) is 5. The Bertz CT molecular complexity index is 307. The highest BCUT2D eigenvalue weighted by molar-refractivity contribution is 4.97. The lowest BCUT2D eigenvalue weighted by Gasteiger charge is -2.18. The Morgan fingerprint density at radius 1 is 1.47 bits per heavy atom. The first-order chi connectivity index (χ1) is 7.31. The molecular weight excluding hydrogens is 194 g/mol. The van der Waals surface area contributed by atoms with Crippen molar-refractivity contribution in [2.75, 3.05) is 20.2 Å². The van der Waals surface area contributed by atoms with Crippen LogP contribution in [0.1, 0.15) is 43.5 Å². The maximum absolute atomic E-state index is 5.26. The van der Waals surface area contributed by atoms with E-state index in [1.165, 1.54) is 0 Å². The molecule has 1 saturated heterocycles. The molecule has 1 aliphatic heterocycles. The molecule has 2 heterocycles. The summed E-state index contributed by atoms with van der Waals surface area (Å²) in [6, 6.07) is 0. The summed E-state index contributed by atoms with van der Waals surface area (Å²) in [4.78, 5) is 4.37. The van der Waals surface area contributed by atoms with Gasteiger partial charge in [-0.15, -0.1) is 0 Å². The van der Waals surface area contributed by atoms with Crippen molar-refractivity contribution in [2.45, 2.75) is 31.8 Å². The van der Waals surface area contributed by atoms with E-state index in [1.807, 2.05) is 6.92 Å². The molecule has 84 valence electrons. The minimum absolute atomic E-state index is 0.0933. The van der Waals surface area contributed by atoms with Crippen LogP contribution < -0.4 is 5.32 Å². The number of methoxy groups -OCH3 is 1. The van der Waals surface area contributed by atoms with Crippen molar-refractivity contribution >= 4 is 0 Å². The van der Waals surface area contributed by atoms with Crippen molar-refractivity contribution in [1.82, 2.24) is 15.5 Å². The Morgan fingerprint density at radius 3 is 2.87 bits per heavy atom. The van der Waals surface area contributed by atoms with Crippen LogP contribution in [0.15, 0.2) is 4.52 Å². The molecule has 0 bridgehead atoms. The summed E-state index contributed by atoms with van der Waals surface area (Å²) in [5.41, 5.74) is 0. The number of aromatic nitrogens is 2. The van der Waals surface area contributed by atoms with E-state index in [0.29, 0.717) is 11.7 Å². The molecule has 0 amide bonds. The first kappa shape index (κ1) is 10.6. The maximum Gasteiger partial charge on any atom is 0.229 e. The van der Waals surface area contributed by atoms with Gasteiger partial charge in [-0.1, -0.05) is 5.16 Å². The van der Waals surface area contributed by atoms with E-state index in [4.69, 9.17) is 9.26 Å². The highest BCUT2D eigenvalue weighted by Crippen LogP contribution is 2.24. The van der Waals surface area contributed by atoms with Crippen LogP contribution in [-0.4, -0.2) is 30.3 Å². The molecule has 0 spiro atoms. The number of nitrogens with one attached hydrogen (secondary N) is 1. The summed E-state index contributed by atoms with van der Waals surface area (Å²) < 4.78 is 10.4. The first-order valence-electron chi connectivity index (χ1n) is 5.38. The van der Waals surface area contributed by atoms with Crippen LogP contribution in [-0.2, 0) is 4.74 Å². The standard InChI is InChI=1S/C10H17N3O2/c1-7(14-2)9-12-10(15-13-9)8-3-5-11-6-4-8/h7-8,11H,3-6H2,1-2H3. The molecule has 0 radical (unpaired) electrons. The predicted octanol–water partition coefficient (Wildman–Crippen LogP) is 1.24. The zero-order valence-corrected chi connectivity index (χ0v) is 9.19. The third-order valence-corrected chi connectivity index (χ3v) is 2.86. The molecule has 1 fully saturated rings. The lowest BCUT2D eigenvalue weighted by atomic mass is 9.98. The van der Waals surface area contributed by atoms with Crippen LogP contribution in [0.4, 0.5) is 0 Å². The minimum Gasteiger partial charge on any atom is -0.374 e. The summed E-state index contributed by atoms with van der Waals surface area (Å²) in [6.45, 7) is 3.97. The van der Waals surface area contributed by atoms with Gasteiger partial charge in [0.2, 0.25) is 5.89 Å². The van der Waals surface area contributed by atoms with E-state index >= 15 is 0 Å². The summed E-state index contributed by atoms with van der Waals surface area (Å²) in [5.74, 6) is 1.82. The van der Waals surface area contributed by atoms with Gasteiger partial charge in [-0.25, -0.2) is 0 Å². The first-order valence-corrected chi connectivity index (χ1v) is 5.38. The van der Waals surface area contributed by atoms with Crippen LogP contribution in [0.25, 0.3) is 0 Å². The molecule has 5 nitrogen and oxygen atoms in total. The quantitative estimate of drug-likeness (QED) is 0.815. The molecule has 0 aromatic carbocycles. The van der Waals surface area contributed by atoms with Crippen molar-refractivity contribution in [3.05, 3.63) is 11.7 Å². The predicted molar refractivity (Wildman–Crippen MR) is 54.6 cm³/mol. The number of rotatable bonds is 3. The molecule has 1 atom stereocenters. The highest BCUT2D eigenvalue weighted by Gasteiger charge is 2.22. The smallest absolute Gasteiger partial charge is 0.229 e. The third kappa shape index (κ3) is 2.35. The fourth-order valence-corrected chi connectivity index (χ4v) is 1.75. The Kier molecular flexibility index (Phi) is 3.33. The second kappa shape index (κ2) is 4.72. The molecule has 5 heteroatoms. The normalized spacial score (nSPS) is 20.4. The third-order valence-electron chi connectivity index (χ3n) is 2.86. The molecule has 0 aliphatic carbocycles. The second-order valence-corrected chi connectivity index (χ2v) is 3.89. The van der Waals surface area contributed by atoms with Gasteiger partial charge >= 0.3 is 0 Å². The van der Waals surface area contributed by atoms with Gasteiger partial charge in [0.15, 0.2) is 5.82 Å². The van der Waals surface area contributed by atoms with Gasteiger partial charge < -0.3 is 14.6 Å². The number of piperidine rings is 1. The topological polar surface area (TPSA) is 60.2 Å². The maximum atomic E-state index is 5.26. The summed E-state index contributed by atoms with van der Waals surface area (Å²) >= 11 is 0. The van der Waals surface area contributed by atoms with E-state index < -0.39 is 0 Å². The minimum atomic E-state index is -0.0933. The van der Waals surface area contributed by atoms with Gasteiger partial charge in [0, 0.05) is 13.0 Å². The van der Waals surface area contributed by atoms with Crippen molar-refractivity contribution in [1.29, 1.82) is 0 Å². The number of ether oxygens (including phenoxy) is 1. The number of nitrogens with zero attached hydrogens (tertiary/aromatic N) is 2. The van der Waals surface area contributed by atoms with Crippen molar-refractivity contribution in [2.24, 2.45) is 0 Å². The highest BCUT2D eigenvalue weighted by atomic mass is 16.5. The molecule has 1 unspecified atom stereocenters. The van der Waals surface area contributed by atoms with Crippen molar-refractivity contribution in [3.8, 4) is 0 Å². The van der Waals surface area contributed by atoms with Gasteiger partial charge in [-0.2, -0.15) is 4.98 Å². The Hall–Kier alpha value is -0.940. The van der Waals surface area contributed by atoms with E-state index in [0.717, 1.165) is 31.8 Å². The summed E-state index contributed by atoms with van der Waals surface area (Å²) in [6.07, 6.45) is 2.05. The van der Waals surface area contributed by atoms with E-state index in [2.05, 4.69) is 15.5 Å². The lowest BCUT2D eigenvalue weighted by Crippen LogP contribution is -2.26. The molecule has 2 rings (SSSR count). The molecule has 1 aliphatic rings. The Balaban J connectivity index is 2.05. The van der Waals surface area contributed by atoms with Gasteiger partial charge in [-0.05, 0) is 32.9 Å². The van der Waals surface area contributed by atoms with E-state index in [9.17, 15) is 0 Å². The fourth-order valence-electron chi connectivity index (χ4n) is 1.75. The molecule has 1 aromatic rings. The molecular formula is C10H17N3O2. The number of hydrogen-bond donors (Lipinski definition) is 1. The summed E-state index contributed by atoms with van der Waals surface area (Å²) in [5, 5.41) is 7.24. The average Bonchev–Trinajstić information content (AvgIpc) is 2.78. The van der Waals surface area contributed by atoms with Gasteiger partial charge in [-0.3, -0.25) is 0 Å². The largest absolute Gasteiger partial charge is 0.374 e. The second-order valence-electron chi connectivity index (χ2n) is 3.89. The van der Waals surface area contributed by atoms with Crippen molar-refractivity contribution < 1.29 is 9.26 Å². The van der Waals surface area contributed by atoms with E-state index in [1.54, 1.807) is 7.11 Å². The van der Waals surface area contributed by atoms with E-state index in [-0.39, 0.29) is 6.10 Å². The van der Waals surface area contributed by atoms with Gasteiger partial charge in [0.05, 0.1) is 0 Å². The van der Waals surface area contributed by atoms with Crippen LogP contribution in [0, 0.1) is 0 Å². The molecule has 1 aromatic heterocycles. The SMILES string of the molecule is COC(C)c1noc(C2CCNCC2)n1. The van der Waals surface area contributed by atoms with Crippen molar-refractivity contribution in [3.63, 3.8) is 0 Å². The van der Waals surface area contributed by atoms with Crippen LogP contribution >= 0.6 is 0 Å². The van der Waals surface area contributed by atoms with Crippen LogP contribution in [0.2, 0.25) is 0 Å². The average molecular weight is 211 g/mol. The monoisotopic (exact) mass is 211 g/mol. The zero-order valence-electron chi connectivity index (χ0n) is 9.19. The Morgan fingerprint density at radius 2 is 2.20 bits per heavy atom. The van der Waals surface area contributed by atoms with Gasteiger partial charge in [0.1, 0.15) is 6.10 Å².